The largest absolute Gasteiger partial charge is 0.481 e. The Balaban J connectivity index is 0.000000350. The molecule has 40 heavy (non-hydrogen) atoms. The zero-order valence-corrected chi connectivity index (χ0v) is 24.8. The fourth-order valence-electron chi connectivity index (χ4n) is 5.07. The smallest absolute Gasteiger partial charge is 0.303 e. The van der Waals surface area contributed by atoms with Gasteiger partial charge in [0, 0.05) is 5.39 Å². The third-order valence-electron chi connectivity index (χ3n) is 7.67. The maximum absolute atomic E-state index is 10.2. The number of aromatic nitrogens is 1. The molecule has 4 aromatic rings. The number of rotatable bonds is 10. The van der Waals surface area contributed by atoms with Gasteiger partial charge in [0.25, 0.3) is 0 Å². The summed E-state index contributed by atoms with van der Waals surface area (Å²) in [7, 11) is 0. The lowest BCUT2D eigenvalue weighted by Gasteiger charge is -2.12. The highest BCUT2D eigenvalue weighted by Gasteiger charge is 2.42. The van der Waals surface area contributed by atoms with Gasteiger partial charge >= 0.3 is 5.97 Å². The molecule has 0 bridgehead atoms. The predicted molar refractivity (Wildman–Crippen MR) is 172 cm³/mol. The summed E-state index contributed by atoms with van der Waals surface area (Å²) in [4.78, 5) is 15.0. The van der Waals surface area contributed by atoms with Crippen LogP contribution in [0.15, 0.2) is 78.9 Å². The number of pyridine rings is 1. The van der Waals surface area contributed by atoms with E-state index >= 15 is 0 Å². The Hall–Kier alpha value is -3.37. The predicted octanol–water partition coefficient (Wildman–Crippen LogP) is 9.18. The van der Waals surface area contributed by atoms with Gasteiger partial charge in [-0.15, -0.1) is 0 Å². The first kappa shape index (κ1) is 29.6. The Kier molecular flexibility index (Phi) is 10.2. The second kappa shape index (κ2) is 13.8. The second-order valence-corrected chi connectivity index (χ2v) is 11.8. The number of carbonyl (C=O) groups is 1. The van der Waals surface area contributed by atoms with E-state index in [1.165, 1.54) is 39.6 Å². The van der Waals surface area contributed by atoms with E-state index in [-0.39, 0.29) is 5.41 Å². The lowest BCUT2D eigenvalue weighted by Crippen LogP contribution is -2.09. The van der Waals surface area contributed by atoms with Gasteiger partial charge in [-0.25, -0.2) is 4.98 Å². The van der Waals surface area contributed by atoms with Crippen LogP contribution in [0.4, 0.5) is 0 Å². The molecule has 1 heterocycles. The number of nitrogens with zero attached hydrogens (tertiary/aromatic N) is 1. The molecule has 0 radical (unpaired) electrons. The third kappa shape index (κ3) is 8.56. The number of hydrogen-bond acceptors (Lipinski definition) is 3. The third-order valence-corrected chi connectivity index (χ3v) is 8.34. The number of fused-ring (bicyclic) bond motifs is 1. The van der Waals surface area contributed by atoms with Crippen LogP contribution in [0.1, 0.15) is 79.0 Å². The maximum Gasteiger partial charge on any atom is 0.303 e. The van der Waals surface area contributed by atoms with Crippen molar-refractivity contribution in [1.29, 1.82) is 0 Å². The highest BCUT2D eigenvalue weighted by molar-refractivity contribution is 7.80. The van der Waals surface area contributed by atoms with E-state index in [9.17, 15) is 4.79 Å². The monoisotopic (exact) mass is 551 g/mol. The van der Waals surface area contributed by atoms with Gasteiger partial charge in [0.1, 0.15) is 0 Å². The first-order valence-corrected chi connectivity index (χ1v) is 14.9. The molecule has 3 nitrogen and oxygen atoms in total. The number of benzene rings is 3. The Labute approximate surface area is 244 Å². The number of carboxylic acids is 1. The molecule has 4 heteroatoms. The molecule has 1 aromatic heterocycles. The molecule has 0 spiro atoms. The zero-order chi connectivity index (χ0) is 28.5. The van der Waals surface area contributed by atoms with E-state index < -0.39 is 5.97 Å². The molecule has 208 valence electrons. The van der Waals surface area contributed by atoms with Crippen LogP contribution in [0.5, 0.6) is 0 Å². The van der Waals surface area contributed by atoms with E-state index in [1.807, 2.05) is 0 Å². The maximum atomic E-state index is 10.2. The van der Waals surface area contributed by atoms with Gasteiger partial charge in [-0.3, -0.25) is 4.79 Å². The molecule has 0 amide bonds. The van der Waals surface area contributed by atoms with Crippen molar-refractivity contribution in [2.75, 3.05) is 5.75 Å². The van der Waals surface area contributed by atoms with E-state index in [1.54, 1.807) is 0 Å². The summed E-state index contributed by atoms with van der Waals surface area (Å²) in [6, 6.07) is 28.4. The minimum absolute atomic E-state index is 0.0783. The van der Waals surface area contributed by atoms with E-state index in [4.69, 9.17) is 10.1 Å². The molecule has 1 aliphatic carbocycles. The number of carboxylic acid groups (broad SMARTS) is 1. The summed E-state index contributed by atoms with van der Waals surface area (Å²) in [5.41, 5.74) is 8.96. The van der Waals surface area contributed by atoms with E-state index in [0.717, 1.165) is 42.6 Å². The highest BCUT2D eigenvalue weighted by Crippen LogP contribution is 2.49. The summed E-state index contributed by atoms with van der Waals surface area (Å²) in [6.07, 6.45) is 10.1. The molecule has 0 saturated heterocycles. The summed E-state index contributed by atoms with van der Waals surface area (Å²) >= 11 is 4.07. The van der Waals surface area contributed by atoms with Crippen molar-refractivity contribution in [3.63, 3.8) is 0 Å². The van der Waals surface area contributed by atoms with E-state index in [0.29, 0.717) is 12.3 Å². The number of aliphatic carboxylic acids is 1. The van der Waals surface area contributed by atoms with Crippen molar-refractivity contribution >= 4 is 41.7 Å². The zero-order valence-electron chi connectivity index (χ0n) is 23.9. The van der Waals surface area contributed by atoms with Crippen molar-refractivity contribution in [1.82, 2.24) is 4.98 Å². The van der Waals surface area contributed by atoms with Crippen LogP contribution >= 0.6 is 12.6 Å². The molecule has 1 fully saturated rings. The minimum Gasteiger partial charge on any atom is -0.481 e. The van der Waals surface area contributed by atoms with Crippen molar-refractivity contribution in [2.24, 2.45) is 5.41 Å². The average Bonchev–Trinajstić information content (AvgIpc) is 3.71. The highest BCUT2D eigenvalue weighted by atomic mass is 32.1. The standard InChI is InChI=1S/C30H31N.C6H10O2S/c1-22(2)29-13-5-4-11-26(29)12-7-10-24-8-6-9-25(21-24)15-18-28-19-17-27-16-14-23(3)20-30(27)31-28;7-5(8)3-6(4-9)1-2-6/h4-6,8-9,11,13-22H,7,10,12H2,1-3H3;9H,1-4H2,(H,7,8)/b18-15+;. The minimum atomic E-state index is -0.693. The lowest BCUT2D eigenvalue weighted by atomic mass is 9.93. The fourth-order valence-corrected chi connectivity index (χ4v) is 5.49. The molecule has 1 aliphatic rings. The van der Waals surface area contributed by atoms with Crippen LogP contribution in [0.3, 0.4) is 0 Å². The van der Waals surface area contributed by atoms with Gasteiger partial charge in [0.05, 0.1) is 17.6 Å². The first-order valence-electron chi connectivity index (χ1n) is 14.3. The number of hydrogen-bond donors (Lipinski definition) is 2. The quantitative estimate of drug-likeness (QED) is 0.193. The second-order valence-electron chi connectivity index (χ2n) is 11.4. The van der Waals surface area contributed by atoms with Gasteiger partial charge in [0.2, 0.25) is 0 Å². The molecule has 0 unspecified atom stereocenters. The lowest BCUT2D eigenvalue weighted by molar-refractivity contribution is -0.138. The van der Waals surface area contributed by atoms with Crippen LogP contribution in [0, 0.1) is 12.3 Å². The van der Waals surface area contributed by atoms with Crippen molar-refractivity contribution < 1.29 is 9.90 Å². The topological polar surface area (TPSA) is 50.2 Å². The van der Waals surface area contributed by atoms with Gasteiger partial charge in [0.15, 0.2) is 0 Å². The average molecular weight is 552 g/mol. The van der Waals surface area contributed by atoms with Gasteiger partial charge in [-0.2, -0.15) is 12.6 Å². The molecule has 0 aliphatic heterocycles. The van der Waals surface area contributed by atoms with Gasteiger partial charge in [-0.05, 0) is 102 Å². The number of aryl methyl sites for hydroxylation is 3. The van der Waals surface area contributed by atoms with Gasteiger partial charge < -0.3 is 5.11 Å². The fraction of sp³-hybridized carbons (Fsp3) is 0.333. The van der Waals surface area contributed by atoms with Gasteiger partial charge in [-0.1, -0.05) is 86.7 Å². The summed E-state index contributed by atoms with van der Waals surface area (Å²) < 4.78 is 0. The SMILES string of the molecule is Cc1ccc2ccc(/C=C/c3cccc(CCCc4ccccc4C(C)C)c3)nc2c1.O=C(O)CC1(CS)CC1. The van der Waals surface area contributed by atoms with Crippen molar-refractivity contribution in [2.45, 2.75) is 65.2 Å². The summed E-state index contributed by atoms with van der Waals surface area (Å²) in [5.74, 6) is 0.609. The van der Waals surface area contributed by atoms with Crippen molar-refractivity contribution in [3.05, 3.63) is 112 Å². The van der Waals surface area contributed by atoms with Crippen LogP contribution in [0.2, 0.25) is 0 Å². The first-order chi connectivity index (χ1) is 19.3. The molecule has 1 saturated carbocycles. The van der Waals surface area contributed by atoms with Crippen LogP contribution in [0.25, 0.3) is 23.1 Å². The molecule has 1 N–H and O–H groups in total. The molecular weight excluding hydrogens is 510 g/mol. The summed E-state index contributed by atoms with van der Waals surface area (Å²) in [5, 5.41) is 9.57. The Morgan fingerprint density at radius 3 is 2.45 bits per heavy atom. The number of thiol groups is 1. The van der Waals surface area contributed by atoms with E-state index in [2.05, 4.69) is 124 Å². The molecule has 0 atom stereocenters. The Morgan fingerprint density at radius 2 is 1.75 bits per heavy atom. The molecule has 5 rings (SSSR count). The van der Waals surface area contributed by atoms with Crippen LogP contribution in [-0.2, 0) is 17.6 Å². The Morgan fingerprint density at radius 1 is 0.975 bits per heavy atom. The van der Waals surface area contributed by atoms with Crippen LogP contribution in [-0.4, -0.2) is 21.8 Å². The van der Waals surface area contributed by atoms with Crippen LogP contribution < -0.4 is 0 Å². The Bertz CT molecular complexity index is 1470. The molecule has 3 aromatic carbocycles. The summed E-state index contributed by atoms with van der Waals surface area (Å²) in [6.45, 7) is 6.66. The molecular formula is C36H41NO2S. The normalized spacial score (nSPS) is 13.8. The van der Waals surface area contributed by atoms with Crippen molar-refractivity contribution in [3.8, 4) is 0 Å².